The summed E-state index contributed by atoms with van der Waals surface area (Å²) in [6, 6.07) is -2.16. The van der Waals surface area contributed by atoms with E-state index in [1.165, 1.54) is 6.92 Å². The molecular formula is C33H48N2O10. The number of aliphatic hydroxyl groups excluding tert-OH is 1. The van der Waals surface area contributed by atoms with Gasteiger partial charge in [-0.2, -0.15) is 0 Å². The number of hydrogen-bond donors (Lipinski definition) is 5. The summed E-state index contributed by atoms with van der Waals surface area (Å²) in [5, 5.41) is 37.2. The van der Waals surface area contributed by atoms with E-state index in [2.05, 4.69) is 17.6 Å². The van der Waals surface area contributed by atoms with Gasteiger partial charge in [0.2, 0.25) is 17.6 Å². The van der Waals surface area contributed by atoms with Gasteiger partial charge in [-0.05, 0) is 80.6 Å². The third-order valence-corrected chi connectivity index (χ3v) is 11.4. The van der Waals surface area contributed by atoms with Gasteiger partial charge >= 0.3 is 11.9 Å². The number of fused-ring (bicyclic) bond motifs is 5. The van der Waals surface area contributed by atoms with E-state index in [-0.39, 0.29) is 60.6 Å². The minimum Gasteiger partial charge on any atom is -0.480 e. The summed E-state index contributed by atoms with van der Waals surface area (Å²) in [6.07, 6.45) is 3.99. The Labute approximate surface area is 263 Å². The second-order valence-corrected chi connectivity index (χ2v) is 14.4. The average Bonchev–Trinajstić information content (AvgIpc) is 3.23. The number of aliphatic hydroxyl groups is 2. The highest BCUT2D eigenvalue weighted by Crippen LogP contribution is 2.67. The van der Waals surface area contributed by atoms with E-state index in [0.717, 1.165) is 18.4 Å². The van der Waals surface area contributed by atoms with E-state index in [1.54, 1.807) is 19.9 Å². The largest absolute Gasteiger partial charge is 0.480 e. The monoisotopic (exact) mass is 632 g/mol. The minimum absolute atomic E-state index is 0.0140. The number of nitrogens with one attached hydrogen (secondary N) is 2. The molecule has 0 heterocycles. The summed E-state index contributed by atoms with van der Waals surface area (Å²) in [5.41, 5.74) is -1.89. The molecule has 0 aromatic rings. The summed E-state index contributed by atoms with van der Waals surface area (Å²) < 4.78 is 5.19. The standard InChI is InChI=1S/C33H48N2O10/c1-17(2)28(29(41)34-18(3)30(42)43)35-25(39)8-9-26(40)45-16-24(38)33(44)13-11-22-21-7-6-19-14-20(36)10-12-31(19,4)27(21)23(37)15-32(22,33)5/h14,17-18,21-23,27-28,37,44H,6-13,15-16H2,1-5H3,(H,34,41)(H,35,39)(H,42,43)/t18-,21-,22+,23+,27+,28+,31+,32+,33+/m1/s1. The van der Waals surface area contributed by atoms with E-state index >= 15 is 0 Å². The van der Waals surface area contributed by atoms with E-state index < -0.39 is 65.3 Å². The van der Waals surface area contributed by atoms with Crippen LogP contribution in [0.5, 0.6) is 0 Å². The molecule has 0 aromatic carbocycles. The number of esters is 1. The maximum atomic E-state index is 13.5. The second-order valence-electron chi connectivity index (χ2n) is 14.4. The number of ether oxygens (including phenoxy) is 1. The maximum absolute atomic E-state index is 13.5. The number of rotatable bonds is 11. The van der Waals surface area contributed by atoms with Crippen LogP contribution in [0.1, 0.15) is 92.4 Å². The third-order valence-electron chi connectivity index (χ3n) is 11.4. The third kappa shape index (κ3) is 6.45. The van der Waals surface area contributed by atoms with Crippen LogP contribution in [0.3, 0.4) is 0 Å². The predicted octanol–water partition coefficient (Wildman–Crippen LogP) is 1.84. The number of carboxylic acid groups (broad SMARTS) is 1. The van der Waals surface area contributed by atoms with Crippen molar-refractivity contribution in [3.63, 3.8) is 0 Å². The molecule has 45 heavy (non-hydrogen) atoms. The fourth-order valence-corrected chi connectivity index (χ4v) is 8.85. The van der Waals surface area contributed by atoms with Crippen LogP contribution in [0.15, 0.2) is 11.6 Å². The van der Waals surface area contributed by atoms with Crippen LogP contribution >= 0.6 is 0 Å². The highest BCUT2D eigenvalue weighted by atomic mass is 16.5. The smallest absolute Gasteiger partial charge is 0.325 e. The molecule has 0 spiro atoms. The number of amides is 2. The molecule has 0 saturated heterocycles. The van der Waals surface area contributed by atoms with Crippen LogP contribution in [0.25, 0.3) is 0 Å². The molecule has 5 N–H and O–H groups in total. The molecule has 0 bridgehead atoms. The van der Waals surface area contributed by atoms with Gasteiger partial charge in [0, 0.05) is 18.3 Å². The molecule has 4 aliphatic rings. The lowest BCUT2D eigenvalue weighted by atomic mass is 9.45. The maximum Gasteiger partial charge on any atom is 0.325 e. The fourth-order valence-electron chi connectivity index (χ4n) is 8.85. The van der Waals surface area contributed by atoms with E-state index in [0.29, 0.717) is 19.3 Å². The van der Waals surface area contributed by atoms with Crippen LogP contribution in [0.2, 0.25) is 0 Å². The van der Waals surface area contributed by atoms with Crippen molar-refractivity contribution in [2.45, 2.75) is 116 Å². The number of ketones is 2. The number of aliphatic carboxylic acids is 1. The number of carboxylic acids is 1. The van der Waals surface area contributed by atoms with Crippen molar-refractivity contribution in [2.75, 3.05) is 6.61 Å². The van der Waals surface area contributed by atoms with Gasteiger partial charge in [-0.15, -0.1) is 0 Å². The van der Waals surface area contributed by atoms with Gasteiger partial charge in [0.1, 0.15) is 17.7 Å². The van der Waals surface area contributed by atoms with Crippen molar-refractivity contribution in [1.82, 2.24) is 10.6 Å². The number of hydrogen-bond acceptors (Lipinski definition) is 9. The molecule has 0 aromatic heterocycles. The average molecular weight is 633 g/mol. The highest BCUT2D eigenvalue weighted by Gasteiger charge is 2.68. The number of Topliss-reactive ketones (excluding diaryl/α,β-unsaturated/α-hetero) is 1. The summed E-state index contributed by atoms with van der Waals surface area (Å²) >= 11 is 0. The van der Waals surface area contributed by atoms with Crippen molar-refractivity contribution in [2.24, 2.45) is 34.5 Å². The van der Waals surface area contributed by atoms with E-state index in [4.69, 9.17) is 9.84 Å². The van der Waals surface area contributed by atoms with Crippen molar-refractivity contribution in [1.29, 1.82) is 0 Å². The summed E-state index contributed by atoms with van der Waals surface area (Å²) in [6.45, 7) is 7.99. The van der Waals surface area contributed by atoms with Gasteiger partial charge in [0.25, 0.3) is 0 Å². The topological polar surface area (TPSA) is 196 Å². The first-order valence-corrected chi connectivity index (χ1v) is 16.1. The molecule has 0 aliphatic heterocycles. The van der Waals surface area contributed by atoms with Crippen molar-refractivity contribution in [3.8, 4) is 0 Å². The number of allylic oxidation sites excluding steroid dienone is 1. The van der Waals surface area contributed by atoms with E-state index in [9.17, 15) is 39.0 Å². The van der Waals surface area contributed by atoms with Gasteiger partial charge in [0.15, 0.2) is 12.4 Å². The zero-order chi connectivity index (χ0) is 33.5. The van der Waals surface area contributed by atoms with Crippen molar-refractivity contribution >= 4 is 35.3 Å². The Morgan fingerprint density at radius 3 is 2.36 bits per heavy atom. The first-order chi connectivity index (χ1) is 20.9. The van der Waals surface area contributed by atoms with Gasteiger partial charge in [0.05, 0.1) is 12.5 Å². The molecule has 4 rings (SSSR count). The molecule has 3 fully saturated rings. The molecule has 12 nitrogen and oxygen atoms in total. The van der Waals surface area contributed by atoms with Crippen LogP contribution in [0, 0.1) is 34.5 Å². The Morgan fingerprint density at radius 2 is 1.71 bits per heavy atom. The molecule has 0 unspecified atom stereocenters. The number of carbonyl (C=O) groups excluding carboxylic acids is 5. The lowest BCUT2D eigenvalue weighted by Crippen LogP contribution is -2.62. The highest BCUT2D eigenvalue weighted by molar-refractivity contribution is 5.93. The van der Waals surface area contributed by atoms with Gasteiger partial charge in [-0.25, -0.2) is 0 Å². The quantitative estimate of drug-likeness (QED) is 0.210. The minimum atomic E-state index is -1.79. The Morgan fingerprint density at radius 1 is 1.02 bits per heavy atom. The molecule has 250 valence electrons. The zero-order valence-electron chi connectivity index (χ0n) is 26.9. The van der Waals surface area contributed by atoms with Crippen LogP contribution < -0.4 is 10.6 Å². The summed E-state index contributed by atoms with van der Waals surface area (Å²) in [5.74, 6) is -4.17. The molecule has 9 atom stereocenters. The summed E-state index contributed by atoms with van der Waals surface area (Å²) in [7, 11) is 0. The molecular weight excluding hydrogens is 584 g/mol. The van der Waals surface area contributed by atoms with Crippen LogP contribution in [0.4, 0.5) is 0 Å². The Balaban J connectivity index is 1.33. The summed E-state index contributed by atoms with van der Waals surface area (Å²) in [4.78, 5) is 74.1. The first-order valence-electron chi connectivity index (χ1n) is 16.1. The Bertz CT molecular complexity index is 1280. The second kappa shape index (κ2) is 12.9. The lowest BCUT2D eigenvalue weighted by Gasteiger charge is -2.60. The Kier molecular flexibility index (Phi) is 9.99. The number of carbonyl (C=O) groups is 6. The first kappa shape index (κ1) is 34.7. The molecule has 0 radical (unpaired) electrons. The molecule has 3 saturated carbocycles. The van der Waals surface area contributed by atoms with E-state index in [1.807, 2.05) is 6.92 Å². The Hall–Kier alpha value is -3.12. The lowest BCUT2D eigenvalue weighted by molar-refractivity contribution is -0.184. The van der Waals surface area contributed by atoms with Gasteiger partial charge < -0.3 is 30.7 Å². The van der Waals surface area contributed by atoms with Crippen LogP contribution in [-0.2, 0) is 33.5 Å². The molecule has 12 heteroatoms. The predicted molar refractivity (Wildman–Crippen MR) is 160 cm³/mol. The van der Waals surface area contributed by atoms with Gasteiger partial charge in [-0.1, -0.05) is 33.3 Å². The van der Waals surface area contributed by atoms with Crippen molar-refractivity contribution in [3.05, 3.63) is 11.6 Å². The van der Waals surface area contributed by atoms with Crippen LogP contribution in [-0.4, -0.2) is 81.0 Å². The molecule has 4 aliphatic carbocycles. The molecule has 2 amide bonds. The SMILES string of the molecule is CC(C)[C@H](NC(=O)CCC(=O)OCC(=O)[C@@]1(O)CC[C@H]2[C@H]3CCC4=CC(=O)CC[C@]4(C)[C@@H]3[C@@H](O)C[C@@]21C)C(=O)N[C@H](C)C(=O)O. The fraction of sp³-hybridized carbons (Fsp3) is 0.758. The van der Waals surface area contributed by atoms with Crippen molar-refractivity contribution < 1.29 is 48.8 Å². The van der Waals surface area contributed by atoms with Gasteiger partial charge in [-0.3, -0.25) is 28.8 Å². The zero-order valence-corrected chi connectivity index (χ0v) is 26.9. The normalized spacial score (nSPS) is 35.2.